The Morgan fingerprint density at radius 3 is 2.51 bits per heavy atom. The van der Waals surface area contributed by atoms with E-state index in [0.717, 1.165) is 35.3 Å². The van der Waals surface area contributed by atoms with Crippen molar-refractivity contribution in [3.05, 3.63) is 82.9 Å². The summed E-state index contributed by atoms with van der Waals surface area (Å²) in [6.07, 6.45) is 1.93. The molecule has 3 aromatic rings. The minimum absolute atomic E-state index is 0.0122. The molecule has 0 aliphatic carbocycles. The number of halogens is 1. The number of aryl methyl sites for hydroxylation is 1. The van der Waals surface area contributed by atoms with Gasteiger partial charge in [0.1, 0.15) is 11.5 Å². The lowest BCUT2D eigenvalue weighted by molar-refractivity contribution is -0.132. The second kappa shape index (κ2) is 9.29. The van der Waals surface area contributed by atoms with Crippen LogP contribution < -0.4 is 0 Å². The zero-order chi connectivity index (χ0) is 24.7. The highest BCUT2D eigenvalue weighted by Gasteiger charge is 2.47. The van der Waals surface area contributed by atoms with E-state index in [2.05, 4.69) is 13.8 Å². The number of carbonyl (C=O) groups excluding carboxylic acids is 2. The zero-order valence-corrected chi connectivity index (χ0v) is 20.4. The van der Waals surface area contributed by atoms with Crippen molar-refractivity contribution < 1.29 is 14.0 Å². The summed E-state index contributed by atoms with van der Waals surface area (Å²) >= 11 is 0. The van der Waals surface area contributed by atoms with Crippen molar-refractivity contribution in [3.63, 3.8) is 0 Å². The molecule has 35 heavy (non-hydrogen) atoms. The highest BCUT2D eigenvalue weighted by Crippen LogP contribution is 2.43. The summed E-state index contributed by atoms with van der Waals surface area (Å²) in [5.41, 5.74) is 4.18. The van der Waals surface area contributed by atoms with Gasteiger partial charge >= 0.3 is 0 Å². The fourth-order valence-corrected chi connectivity index (χ4v) is 5.59. The van der Waals surface area contributed by atoms with Gasteiger partial charge < -0.3 is 9.80 Å². The normalized spacial score (nSPS) is 20.0. The van der Waals surface area contributed by atoms with Crippen LogP contribution in [0.2, 0.25) is 0 Å². The third-order valence-electron chi connectivity index (χ3n) is 7.18. The second-order valence-corrected chi connectivity index (χ2v) is 9.94. The third-order valence-corrected chi connectivity index (χ3v) is 7.18. The number of para-hydroxylation sites is 1. The molecular formula is C28H31FN4O2. The number of fused-ring (bicyclic) bond motifs is 1. The van der Waals surface area contributed by atoms with Crippen LogP contribution in [0.5, 0.6) is 0 Å². The molecule has 2 aliphatic rings. The minimum Gasteiger partial charge on any atom is -0.340 e. The van der Waals surface area contributed by atoms with E-state index in [9.17, 15) is 14.0 Å². The summed E-state index contributed by atoms with van der Waals surface area (Å²) in [6.45, 7) is 7.44. The average molecular weight is 475 g/mol. The average Bonchev–Trinajstić information content (AvgIpc) is 3.36. The Morgan fingerprint density at radius 1 is 1.11 bits per heavy atom. The standard InChI is InChI=1S/C28H31FN4O2/c1-18(2)26-25-19(3)30-33(22-8-5-4-6-9-22)27(25)28(35)32(26)23-10-7-15-31(17-23)24(34)16-20-11-13-21(29)14-12-20/h4-6,8-9,11-14,18,23,26H,7,10,15-17H2,1-3H3. The number of hydrogen-bond acceptors (Lipinski definition) is 3. The maximum absolute atomic E-state index is 13.9. The smallest absolute Gasteiger partial charge is 0.273 e. The summed E-state index contributed by atoms with van der Waals surface area (Å²) < 4.78 is 15.0. The number of benzene rings is 2. The lowest BCUT2D eigenvalue weighted by Gasteiger charge is -2.41. The van der Waals surface area contributed by atoms with E-state index in [1.54, 1.807) is 16.8 Å². The molecule has 5 rings (SSSR count). The SMILES string of the molecule is Cc1nn(-c2ccccc2)c2c1C(C(C)C)N(C1CCCN(C(=O)Cc3ccc(F)cc3)C1)C2=O. The molecule has 1 fully saturated rings. The van der Waals surface area contributed by atoms with Crippen molar-refractivity contribution in [2.24, 2.45) is 5.92 Å². The Bertz CT molecular complexity index is 1240. The monoisotopic (exact) mass is 474 g/mol. The van der Waals surface area contributed by atoms with Gasteiger partial charge in [-0.15, -0.1) is 0 Å². The molecule has 2 aliphatic heterocycles. The number of nitrogens with zero attached hydrogens (tertiary/aromatic N) is 4. The Labute approximate surface area is 205 Å². The van der Waals surface area contributed by atoms with Gasteiger partial charge in [0.15, 0.2) is 0 Å². The second-order valence-electron chi connectivity index (χ2n) is 9.94. The Morgan fingerprint density at radius 2 is 1.83 bits per heavy atom. The van der Waals surface area contributed by atoms with Gasteiger partial charge in [-0.3, -0.25) is 9.59 Å². The van der Waals surface area contributed by atoms with Gasteiger partial charge in [-0.05, 0) is 55.5 Å². The van der Waals surface area contributed by atoms with E-state index in [1.807, 2.05) is 47.1 Å². The van der Waals surface area contributed by atoms with Crippen molar-refractivity contribution in [1.82, 2.24) is 19.6 Å². The van der Waals surface area contributed by atoms with Gasteiger partial charge in [0.25, 0.3) is 5.91 Å². The van der Waals surface area contributed by atoms with Crippen LogP contribution in [0.25, 0.3) is 5.69 Å². The van der Waals surface area contributed by atoms with Crippen molar-refractivity contribution >= 4 is 11.8 Å². The van der Waals surface area contributed by atoms with Crippen LogP contribution >= 0.6 is 0 Å². The summed E-state index contributed by atoms with van der Waals surface area (Å²) in [7, 11) is 0. The van der Waals surface area contributed by atoms with E-state index >= 15 is 0 Å². The molecule has 2 unspecified atom stereocenters. The van der Waals surface area contributed by atoms with E-state index in [1.165, 1.54) is 12.1 Å². The summed E-state index contributed by atoms with van der Waals surface area (Å²) in [5, 5.41) is 4.74. The first-order chi connectivity index (χ1) is 16.8. The van der Waals surface area contributed by atoms with Gasteiger partial charge in [-0.1, -0.05) is 44.2 Å². The van der Waals surface area contributed by atoms with Gasteiger partial charge in [0, 0.05) is 18.7 Å². The molecule has 0 N–H and O–H groups in total. The zero-order valence-electron chi connectivity index (χ0n) is 20.4. The first-order valence-electron chi connectivity index (χ1n) is 12.3. The molecule has 2 amide bonds. The van der Waals surface area contributed by atoms with Crippen molar-refractivity contribution in [3.8, 4) is 5.69 Å². The van der Waals surface area contributed by atoms with Gasteiger partial charge in [0.05, 0.1) is 29.9 Å². The Hall–Kier alpha value is -3.48. The van der Waals surface area contributed by atoms with E-state index in [-0.39, 0.29) is 42.1 Å². The van der Waals surface area contributed by atoms with Crippen LogP contribution in [-0.2, 0) is 11.2 Å². The summed E-state index contributed by atoms with van der Waals surface area (Å²) in [6, 6.07) is 15.7. The van der Waals surface area contributed by atoms with Gasteiger partial charge in [-0.2, -0.15) is 5.10 Å². The fraction of sp³-hybridized carbons (Fsp3) is 0.393. The molecule has 7 heteroatoms. The molecule has 0 bridgehead atoms. The molecule has 0 radical (unpaired) electrons. The summed E-state index contributed by atoms with van der Waals surface area (Å²) in [4.78, 5) is 30.9. The highest BCUT2D eigenvalue weighted by atomic mass is 19.1. The maximum atomic E-state index is 13.9. The highest BCUT2D eigenvalue weighted by molar-refractivity contribution is 5.99. The van der Waals surface area contributed by atoms with E-state index < -0.39 is 0 Å². The van der Waals surface area contributed by atoms with Crippen molar-refractivity contribution in [1.29, 1.82) is 0 Å². The molecule has 1 saturated heterocycles. The van der Waals surface area contributed by atoms with Crippen molar-refractivity contribution in [2.75, 3.05) is 13.1 Å². The predicted octanol–water partition coefficient (Wildman–Crippen LogP) is 4.71. The van der Waals surface area contributed by atoms with Gasteiger partial charge in [0.2, 0.25) is 5.91 Å². The number of piperidine rings is 1. The van der Waals surface area contributed by atoms with Crippen LogP contribution in [0.4, 0.5) is 4.39 Å². The Balaban J connectivity index is 1.42. The largest absolute Gasteiger partial charge is 0.340 e. The minimum atomic E-state index is -0.310. The Kier molecular flexibility index (Phi) is 6.17. The molecule has 182 valence electrons. The van der Waals surface area contributed by atoms with Crippen LogP contribution in [0.15, 0.2) is 54.6 Å². The van der Waals surface area contributed by atoms with E-state index in [4.69, 9.17) is 5.10 Å². The van der Waals surface area contributed by atoms with Gasteiger partial charge in [-0.25, -0.2) is 9.07 Å². The number of rotatable bonds is 5. The molecule has 2 atom stereocenters. The summed E-state index contributed by atoms with van der Waals surface area (Å²) in [5.74, 6) is -0.104. The molecule has 0 spiro atoms. The molecule has 3 heterocycles. The number of likely N-dealkylation sites (tertiary alicyclic amines) is 1. The lowest BCUT2D eigenvalue weighted by atomic mass is 9.94. The van der Waals surface area contributed by atoms with Crippen LogP contribution in [0.1, 0.15) is 60.0 Å². The quantitative estimate of drug-likeness (QED) is 0.538. The van der Waals surface area contributed by atoms with Crippen LogP contribution in [-0.4, -0.2) is 50.5 Å². The van der Waals surface area contributed by atoms with Crippen LogP contribution in [0.3, 0.4) is 0 Å². The predicted molar refractivity (Wildman–Crippen MR) is 132 cm³/mol. The van der Waals surface area contributed by atoms with Crippen molar-refractivity contribution in [2.45, 2.75) is 52.1 Å². The number of carbonyl (C=O) groups is 2. The topological polar surface area (TPSA) is 58.4 Å². The molecule has 2 aromatic carbocycles. The van der Waals surface area contributed by atoms with E-state index in [0.29, 0.717) is 18.8 Å². The fourth-order valence-electron chi connectivity index (χ4n) is 5.59. The maximum Gasteiger partial charge on any atom is 0.273 e. The first-order valence-corrected chi connectivity index (χ1v) is 12.3. The molecule has 6 nitrogen and oxygen atoms in total. The third kappa shape index (κ3) is 4.24. The number of hydrogen-bond donors (Lipinski definition) is 0. The lowest BCUT2D eigenvalue weighted by Crippen LogP contribution is -2.52. The number of aromatic nitrogens is 2. The molecule has 1 aromatic heterocycles. The number of amides is 2. The van der Waals surface area contributed by atoms with Crippen LogP contribution in [0, 0.1) is 18.7 Å². The first kappa shape index (κ1) is 23.3. The molecule has 0 saturated carbocycles. The molecular weight excluding hydrogens is 443 g/mol.